The average Bonchev–Trinajstić information content (AvgIpc) is 2.37. The molecular weight excluding hydrogens is 382 g/mol. The fraction of sp³-hybridized carbons (Fsp3) is 0.0769. The van der Waals surface area contributed by atoms with Gasteiger partial charge in [0.2, 0.25) is 0 Å². The second-order valence-electron chi connectivity index (χ2n) is 3.79. The lowest BCUT2D eigenvalue weighted by atomic mass is 9.99. The molecular formula is C13H11Cl2IN2. The molecule has 2 aromatic rings. The second kappa shape index (κ2) is 6.21. The summed E-state index contributed by atoms with van der Waals surface area (Å²) >= 11 is 14.5. The summed E-state index contributed by atoms with van der Waals surface area (Å²) in [6.07, 6.45) is 0. The first-order valence-corrected chi connectivity index (χ1v) is 7.12. The van der Waals surface area contributed by atoms with Crippen molar-refractivity contribution in [3.63, 3.8) is 0 Å². The minimum absolute atomic E-state index is 0.173. The number of hydrogen-bond acceptors (Lipinski definition) is 2. The van der Waals surface area contributed by atoms with Crippen molar-refractivity contribution in [3.05, 3.63) is 67.2 Å². The lowest BCUT2D eigenvalue weighted by Crippen LogP contribution is -2.29. The Morgan fingerprint density at radius 2 is 1.72 bits per heavy atom. The van der Waals surface area contributed by atoms with Gasteiger partial charge in [0.25, 0.3) is 0 Å². The van der Waals surface area contributed by atoms with Crippen LogP contribution in [0, 0.1) is 3.57 Å². The summed E-state index contributed by atoms with van der Waals surface area (Å²) in [6, 6.07) is 13.4. The molecule has 0 saturated carbocycles. The van der Waals surface area contributed by atoms with E-state index < -0.39 is 0 Å². The van der Waals surface area contributed by atoms with Gasteiger partial charge in [-0.2, -0.15) is 0 Å². The topological polar surface area (TPSA) is 38.0 Å². The van der Waals surface area contributed by atoms with Crippen LogP contribution in [0.5, 0.6) is 0 Å². The molecule has 2 nitrogen and oxygen atoms in total. The second-order valence-corrected chi connectivity index (χ2v) is 5.83. The van der Waals surface area contributed by atoms with Gasteiger partial charge in [-0.15, -0.1) is 0 Å². The number of nitrogens with two attached hydrogens (primary N) is 1. The molecule has 0 aliphatic carbocycles. The van der Waals surface area contributed by atoms with Crippen molar-refractivity contribution in [2.45, 2.75) is 6.04 Å². The van der Waals surface area contributed by atoms with Gasteiger partial charge in [-0.1, -0.05) is 47.5 Å². The molecule has 2 aromatic carbocycles. The molecule has 0 radical (unpaired) electrons. The predicted octanol–water partition coefficient (Wildman–Crippen LogP) is 4.15. The third-order valence-electron chi connectivity index (χ3n) is 2.66. The lowest BCUT2D eigenvalue weighted by molar-refractivity contribution is 0.637. The summed E-state index contributed by atoms with van der Waals surface area (Å²) in [6.45, 7) is 0. The highest BCUT2D eigenvalue weighted by Crippen LogP contribution is 2.32. The van der Waals surface area contributed by atoms with Gasteiger partial charge < -0.3 is 0 Å². The summed E-state index contributed by atoms with van der Waals surface area (Å²) in [5.74, 6) is 5.64. The first-order valence-electron chi connectivity index (χ1n) is 5.29. The smallest absolute Gasteiger partial charge is 0.0725 e. The highest BCUT2D eigenvalue weighted by Gasteiger charge is 2.16. The minimum Gasteiger partial charge on any atom is -0.271 e. The van der Waals surface area contributed by atoms with E-state index in [0.717, 1.165) is 11.1 Å². The van der Waals surface area contributed by atoms with Crippen LogP contribution >= 0.6 is 45.8 Å². The molecule has 1 unspecified atom stereocenters. The quantitative estimate of drug-likeness (QED) is 0.467. The van der Waals surface area contributed by atoms with E-state index in [1.54, 1.807) is 6.07 Å². The predicted molar refractivity (Wildman–Crippen MR) is 84.8 cm³/mol. The molecule has 3 N–H and O–H groups in total. The Hall–Kier alpha value is -0.330. The number of hydrogen-bond donors (Lipinski definition) is 2. The maximum absolute atomic E-state index is 6.22. The van der Waals surface area contributed by atoms with Crippen LogP contribution in [0.1, 0.15) is 17.2 Å². The summed E-state index contributed by atoms with van der Waals surface area (Å²) in [5.41, 5.74) is 4.69. The van der Waals surface area contributed by atoms with Gasteiger partial charge in [0.15, 0.2) is 0 Å². The van der Waals surface area contributed by atoms with Gasteiger partial charge in [0.1, 0.15) is 0 Å². The molecule has 0 fully saturated rings. The normalized spacial score (nSPS) is 12.4. The third-order valence-corrected chi connectivity index (χ3v) is 4.22. The molecule has 0 saturated heterocycles. The van der Waals surface area contributed by atoms with Crippen molar-refractivity contribution >= 4 is 45.8 Å². The molecule has 0 aromatic heterocycles. The number of halogens is 3. The Labute approximate surface area is 130 Å². The molecule has 0 aliphatic heterocycles. The summed E-state index contributed by atoms with van der Waals surface area (Å²) in [5, 5.41) is 1.06. The molecule has 0 bridgehead atoms. The van der Waals surface area contributed by atoms with E-state index in [2.05, 4.69) is 28.0 Å². The van der Waals surface area contributed by atoms with Crippen LogP contribution in [0.4, 0.5) is 0 Å². The number of rotatable bonds is 3. The van der Waals surface area contributed by atoms with Crippen LogP contribution in [0.25, 0.3) is 0 Å². The zero-order valence-corrected chi connectivity index (χ0v) is 13.0. The molecule has 0 amide bonds. The number of hydrazine groups is 1. The summed E-state index contributed by atoms with van der Waals surface area (Å²) in [4.78, 5) is 0. The highest BCUT2D eigenvalue weighted by molar-refractivity contribution is 14.1. The van der Waals surface area contributed by atoms with Crippen molar-refractivity contribution < 1.29 is 0 Å². The van der Waals surface area contributed by atoms with Crippen LogP contribution < -0.4 is 11.3 Å². The fourth-order valence-corrected chi connectivity index (χ4v) is 2.54. The van der Waals surface area contributed by atoms with Crippen LogP contribution in [-0.4, -0.2) is 0 Å². The molecule has 2 rings (SSSR count). The van der Waals surface area contributed by atoms with Crippen molar-refractivity contribution in [1.82, 2.24) is 5.43 Å². The maximum Gasteiger partial charge on any atom is 0.0725 e. The van der Waals surface area contributed by atoms with Crippen LogP contribution in [0.2, 0.25) is 10.0 Å². The van der Waals surface area contributed by atoms with Gasteiger partial charge >= 0.3 is 0 Å². The average molecular weight is 393 g/mol. The molecule has 0 spiro atoms. The Morgan fingerprint density at radius 1 is 1.06 bits per heavy atom. The molecule has 0 heterocycles. The lowest BCUT2D eigenvalue weighted by Gasteiger charge is -2.18. The van der Waals surface area contributed by atoms with Crippen LogP contribution in [-0.2, 0) is 0 Å². The van der Waals surface area contributed by atoms with E-state index >= 15 is 0 Å². The highest BCUT2D eigenvalue weighted by atomic mass is 127. The van der Waals surface area contributed by atoms with E-state index in [1.807, 2.05) is 36.4 Å². The Balaban J connectivity index is 2.45. The van der Waals surface area contributed by atoms with E-state index in [1.165, 1.54) is 3.57 Å². The molecule has 1 atom stereocenters. The van der Waals surface area contributed by atoms with E-state index in [4.69, 9.17) is 29.0 Å². The molecule has 0 aliphatic rings. The zero-order chi connectivity index (χ0) is 13.1. The Bertz CT molecular complexity index is 543. The van der Waals surface area contributed by atoms with Gasteiger partial charge in [-0.3, -0.25) is 5.84 Å². The van der Waals surface area contributed by atoms with Crippen LogP contribution in [0.15, 0.2) is 42.5 Å². The fourth-order valence-electron chi connectivity index (χ4n) is 1.76. The largest absolute Gasteiger partial charge is 0.271 e. The number of benzene rings is 2. The zero-order valence-electron chi connectivity index (χ0n) is 9.33. The van der Waals surface area contributed by atoms with E-state index in [-0.39, 0.29) is 6.04 Å². The summed E-state index contributed by atoms with van der Waals surface area (Å²) < 4.78 is 1.17. The first-order chi connectivity index (χ1) is 8.63. The van der Waals surface area contributed by atoms with Gasteiger partial charge in [0, 0.05) is 3.57 Å². The number of nitrogens with one attached hydrogen (secondary N) is 1. The van der Waals surface area contributed by atoms with Gasteiger partial charge in [-0.25, -0.2) is 5.43 Å². The van der Waals surface area contributed by atoms with Crippen molar-refractivity contribution in [2.75, 3.05) is 0 Å². The summed E-state index contributed by atoms with van der Waals surface area (Å²) in [7, 11) is 0. The van der Waals surface area contributed by atoms with Crippen LogP contribution in [0.3, 0.4) is 0 Å². The van der Waals surface area contributed by atoms with E-state index in [9.17, 15) is 0 Å². The monoisotopic (exact) mass is 392 g/mol. The van der Waals surface area contributed by atoms with Gasteiger partial charge in [-0.05, 0) is 51.9 Å². The standard InChI is InChI=1S/C13H11Cl2IN2/c14-11-3-1-2-10(12(11)15)13(18-17)8-4-6-9(16)7-5-8/h1-7,13,18H,17H2. The Kier molecular flexibility index (Phi) is 4.86. The first kappa shape index (κ1) is 14.1. The minimum atomic E-state index is -0.173. The molecule has 94 valence electrons. The SMILES string of the molecule is NNC(c1ccc(I)cc1)c1cccc(Cl)c1Cl. The maximum atomic E-state index is 6.22. The van der Waals surface area contributed by atoms with Crippen molar-refractivity contribution in [2.24, 2.45) is 5.84 Å². The molecule has 18 heavy (non-hydrogen) atoms. The van der Waals surface area contributed by atoms with Crippen molar-refractivity contribution in [3.8, 4) is 0 Å². The van der Waals surface area contributed by atoms with Gasteiger partial charge in [0.05, 0.1) is 16.1 Å². The Morgan fingerprint density at radius 3 is 2.33 bits per heavy atom. The molecule has 5 heteroatoms. The van der Waals surface area contributed by atoms with Crippen molar-refractivity contribution in [1.29, 1.82) is 0 Å². The third kappa shape index (κ3) is 2.97. The van der Waals surface area contributed by atoms with E-state index in [0.29, 0.717) is 10.0 Å².